The molecule has 11 nitrogen and oxygen atoms in total. The summed E-state index contributed by atoms with van der Waals surface area (Å²) in [5.74, 6) is -1.01. The molecule has 0 atom stereocenters. The molecule has 1 aliphatic carbocycles. The molecule has 0 aliphatic heterocycles. The van der Waals surface area contributed by atoms with Crippen LogP contribution in [0.1, 0.15) is 76.1 Å². The van der Waals surface area contributed by atoms with Crippen molar-refractivity contribution in [3.63, 3.8) is 0 Å². The molecule has 0 unspecified atom stereocenters. The van der Waals surface area contributed by atoms with Gasteiger partial charge in [-0.1, -0.05) is 35.4 Å². The summed E-state index contributed by atoms with van der Waals surface area (Å²) >= 11 is 0. The summed E-state index contributed by atoms with van der Waals surface area (Å²) in [5.41, 5.74) is 2.45. The van der Waals surface area contributed by atoms with Gasteiger partial charge in [-0.2, -0.15) is 0 Å². The summed E-state index contributed by atoms with van der Waals surface area (Å²) in [6.45, 7) is 6.19. The minimum atomic E-state index is -0.465. The van der Waals surface area contributed by atoms with Crippen LogP contribution < -0.4 is 0 Å². The second-order valence-corrected chi connectivity index (χ2v) is 13.1. The summed E-state index contributed by atoms with van der Waals surface area (Å²) in [7, 11) is 6.71. The zero-order valence-electron chi connectivity index (χ0n) is 24.2. The molecule has 2 amide bonds. The second kappa shape index (κ2) is 15.8. The number of benzene rings is 1. The normalized spacial score (nSPS) is 17.6. The Bertz CT molecular complexity index is 1240. The van der Waals surface area contributed by atoms with Crippen molar-refractivity contribution in [1.29, 1.82) is 0 Å². The molecular weight excluding hydrogens is 568 g/mol. The number of esters is 2. The van der Waals surface area contributed by atoms with Crippen LogP contribution in [0.15, 0.2) is 33.4 Å². The Morgan fingerprint density at radius 3 is 2.41 bits per heavy atom. The molecule has 0 N–H and O–H groups in total. The Morgan fingerprint density at radius 1 is 1.05 bits per heavy atom. The van der Waals surface area contributed by atoms with Gasteiger partial charge in [-0.25, -0.2) is 4.63 Å². The minimum Gasteiger partial charge on any atom is -0.465 e. The fraction of sp³-hybridized carbons (Fsp3) is 0.571. The van der Waals surface area contributed by atoms with E-state index < -0.39 is 11.9 Å². The number of allylic oxidation sites excluding steroid dienone is 1. The first-order valence-corrected chi connectivity index (χ1v) is 15.9. The molecule has 1 aliphatic rings. The van der Waals surface area contributed by atoms with Crippen molar-refractivity contribution in [2.45, 2.75) is 83.1 Å². The number of amides is 2. The smallest absolute Gasteiger partial charge is 0.306 e. The summed E-state index contributed by atoms with van der Waals surface area (Å²) in [4.78, 5) is 52.9. The molecule has 1 heterocycles. The first-order valence-electron chi connectivity index (χ1n) is 13.6. The van der Waals surface area contributed by atoms with Crippen molar-refractivity contribution in [3.05, 3.63) is 34.4 Å². The van der Waals surface area contributed by atoms with Crippen LogP contribution in [-0.2, 0) is 23.9 Å². The van der Waals surface area contributed by atoms with Crippen LogP contribution in [0.4, 0.5) is 0 Å². The van der Waals surface area contributed by atoms with Gasteiger partial charge in [0.15, 0.2) is 0 Å². The Labute approximate surface area is 248 Å². The van der Waals surface area contributed by atoms with Crippen molar-refractivity contribution in [2.75, 3.05) is 20.7 Å². The summed E-state index contributed by atoms with van der Waals surface area (Å²) in [5, 5.41) is 7.95. The van der Waals surface area contributed by atoms with E-state index in [9.17, 15) is 19.2 Å². The Balaban J connectivity index is 1.36. The average Bonchev–Trinajstić information content (AvgIpc) is 3.44. The number of carbonyl (C=O) groups is 4. The maximum atomic E-state index is 13.0. The molecule has 1 aromatic carbocycles. The number of rotatable bonds is 14. The van der Waals surface area contributed by atoms with Gasteiger partial charge in [-0.15, -0.1) is 0 Å². The van der Waals surface area contributed by atoms with Gasteiger partial charge in [-0.05, 0) is 61.1 Å². The molecule has 41 heavy (non-hydrogen) atoms. The minimum absolute atomic E-state index is 0.0320. The molecule has 3 rings (SSSR count). The third kappa shape index (κ3) is 9.77. The fourth-order valence-corrected chi connectivity index (χ4v) is 6.60. The fourth-order valence-electron chi connectivity index (χ4n) is 4.33. The lowest BCUT2D eigenvalue weighted by atomic mass is 9.91. The first kappa shape index (κ1) is 32.5. The average molecular weight is 607 g/mol. The predicted molar refractivity (Wildman–Crippen MR) is 158 cm³/mol. The van der Waals surface area contributed by atoms with Crippen molar-refractivity contribution in [3.8, 4) is 0 Å². The van der Waals surface area contributed by atoms with Crippen LogP contribution in [0, 0.1) is 0 Å². The number of aromatic nitrogens is 2. The summed E-state index contributed by atoms with van der Waals surface area (Å²) in [6, 6.07) is 5.11. The second-order valence-electron chi connectivity index (χ2n) is 10.2. The number of hydrogen-bond donors (Lipinski definition) is 0. The van der Waals surface area contributed by atoms with E-state index in [0.29, 0.717) is 54.0 Å². The highest BCUT2D eigenvalue weighted by Gasteiger charge is 2.29. The Morgan fingerprint density at radius 2 is 1.73 bits per heavy atom. The van der Waals surface area contributed by atoms with E-state index in [0.717, 1.165) is 17.0 Å². The number of hydrogen-bond acceptors (Lipinski definition) is 11. The topological polar surface area (TPSA) is 132 Å². The summed E-state index contributed by atoms with van der Waals surface area (Å²) < 4.78 is 15.6. The lowest BCUT2D eigenvalue weighted by Gasteiger charge is -2.34. The third-order valence-corrected chi connectivity index (χ3v) is 10.1. The number of fused-ring (bicyclic) bond motifs is 1. The quantitative estimate of drug-likeness (QED) is 0.164. The molecule has 1 saturated carbocycles. The monoisotopic (exact) mass is 606 g/mol. The number of carbonyl (C=O) groups excluding carboxylic acids is 4. The molecule has 0 spiro atoms. The maximum Gasteiger partial charge on any atom is 0.306 e. The van der Waals surface area contributed by atoms with Crippen LogP contribution in [0.2, 0.25) is 0 Å². The van der Waals surface area contributed by atoms with Crippen molar-refractivity contribution >= 4 is 56.9 Å². The Kier molecular flexibility index (Phi) is 12.5. The van der Waals surface area contributed by atoms with Gasteiger partial charge < -0.3 is 19.3 Å². The molecule has 13 heteroatoms. The molecule has 0 radical (unpaired) electrons. The predicted octanol–water partition coefficient (Wildman–Crippen LogP) is 4.97. The van der Waals surface area contributed by atoms with Crippen molar-refractivity contribution < 1.29 is 33.3 Å². The Hall–Kier alpha value is -3.06. The lowest BCUT2D eigenvalue weighted by Crippen LogP contribution is -2.41. The molecule has 0 bridgehead atoms. The van der Waals surface area contributed by atoms with Crippen LogP contribution in [-0.4, -0.2) is 82.5 Å². The highest BCUT2D eigenvalue weighted by atomic mass is 33.1. The highest BCUT2D eigenvalue weighted by Crippen LogP contribution is 2.37. The standard InChI is InChI=1S/C28H38N4O7S2/c1-18(2)40-41-25(19(3)31(4)17-33)14-15-37-26(34)12-13-27(35)38-22-9-7-21(8-10-22)32(5)28(36)20-6-11-23-24(16-20)30-39-29-23/h6,11,16-18,21-22H,7-10,12-15H2,1-5H3/b25-19-/t21-,22-. The molecule has 1 fully saturated rings. The van der Waals surface area contributed by atoms with Crippen molar-refractivity contribution in [2.24, 2.45) is 0 Å². The van der Waals surface area contributed by atoms with Crippen molar-refractivity contribution in [1.82, 2.24) is 20.1 Å². The van der Waals surface area contributed by atoms with Gasteiger partial charge in [0.2, 0.25) is 6.41 Å². The van der Waals surface area contributed by atoms with Crippen LogP contribution in [0.3, 0.4) is 0 Å². The lowest BCUT2D eigenvalue weighted by molar-refractivity contribution is -0.155. The van der Waals surface area contributed by atoms with E-state index >= 15 is 0 Å². The van der Waals surface area contributed by atoms with Gasteiger partial charge in [-0.3, -0.25) is 19.2 Å². The van der Waals surface area contributed by atoms with Gasteiger partial charge in [0.25, 0.3) is 5.91 Å². The number of nitrogens with zero attached hydrogens (tertiary/aromatic N) is 4. The maximum absolute atomic E-state index is 13.0. The molecular formula is C28H38N4O7S2. The van der Waals surface area contributed by atoms with Gasteiger partial charge in [0.1, 0.15) is 17.1 Å². The van der Waals surface area contributed by atoms with E-state index in [4.69, 9.17) is 14.1 Å². The molecule has 224 valence electrons. The largest absolute Gasteiger partial charge is 0.465 e. The van der Waals surface area contributed by atoms with E-state index in [2.05, 4.69) is 24.2 Å². The van der Waals surface area contributed by atoms with Gasteiger partial charge >= 0.3 is 11.9 Å². The van der Waals surface area contributed by atoms with Crippen LogP contribution in [0.5, 0.6) is 0 Å². The SMILES string of the molecule is C/C(=C(\CCOC(=O)CCC(=O)O[C@H]1CC[C@H](N(C)C(=O)c2ccc3nonc3c2)CC1)SSC(C)C)N(C)C=O. The number of ether oxygens (including phenoxy) is 2. The van der Waals surface area contributed by atoms with Crippen LogP contribution >= 0.6 is 21.6 Å². The zero-order chi connectivity index (χ0) is 29.9. The van der Waals surface area contributed by atoms with Gasteiger partial charge in [0, 0.05) is 48.0 Å². The van der Waals surface area contributed by atoms with E-state index in [-0.39, 0.29) is 37.5 Å². The highest BCUT2D eigenvalue weighted by molar-refractivity contribution is 8.78. The molecule has 2 aromatic rings. The molecule has 0 saturated heterocycles. The van der Waals surface area contributed by atoms with E-state index in [1.54, 1.807) is 58.8 Å². The zero-order valence-corrected chi connectivity index (χ0v) is 25.8. The first-order chi connectivity index (χ1) is 19.6. The van der Waals surface area contributed by atoms with Gasteiger partial charge in [0.05, 0.1) is 19.4 Å². The van der Waals surface area contributed by atoms with E-state index in [1.807, 2.05) is 6.92 Å². The molecule has 1 aromatic heterocycles. The van der Waals surface area contributed by atoms with E-state index in [1.165, 1.54) is 4.90 Å². The third-order valence-electron chi connectivity index (χ3n) is 6.87. The summed E-state index contributed by atoms with van der Waals surface area (Å²) in [6.07, 6.45) is 3.57. The van der Waals surface area contributed by atoms with Crippen LogP contribution in [0.25, 0.3) is 11.0 Å².